The quantitative estimate of drug-likeness (QED) is 0.893. The molecule has 2 nitrogen and oxygen atoms in total. The van der Waals surface area contributed by atoms with E-state index in [1.54, 1.807) is 19.1 Å². The predicted molar refractivity (Wildman–Crippen MR) is 70.7 cm³/mol. The van der Waals surface area contributed by atoms with Gasteiger partial charge in [-0.25, -0.2) is 4.39 Å². The second kappa shape index (κ2) is 5.74. The third-order valence-electron chi connectivity index (χ3n) is 2.82. The van der Waals surface area contributed by atoms with Crippen molar-refractivity contribution in [3.8, 4) is 0 Å². The summed E-state index contributed by atoms with van der Waals surface area (Å²) in [6.07, 6.45) is 0. The number of halogens is 1. The lowest BCUT2D eigenvalue weighted by atomic mass is 10.1. The van der Waals surface area contributed by atoms with Gasteiger partial charge in [-0.15, -0.1) is 0 Å². The molecule has 0 aliphatic carbocycles. The summed E-state index contributed by atoms with van der Waals surface area (Å²) in [4.78, 5) is 4.40. The highest BCUT2D eigenvalue weighted by Gasteiger charge is 2.00. The molecule has 18 heavy (non-hydrogen) atoms. The Morgan fingerprint density at radius 3 is 2.67 bits per heavy atom. The van der Waals surface area contributed by atoms with Gasteiger partial charge in [0.15, 0.2) is 0 Å². The van der Waals surface area contributed by atoms with Crippen LogP contribution in [0.1, 0.15) is 22.5 Å². The first kappa shape index (κ1) is 12.7. The minimum absolute atomic E-state index is 0.150. The van der Waals surface area contributed by atoms with Crippen molar-refractivity contribution in [3.63, 3.8) is 0 Å². The third-order valence-corrected chi connectivity index (χ3v) is 2.82. The van der Waals surface area contributed by atoms with E-state index in [9.17, 15) is 4.39 Å². The molecule has 0 amide bonds. The number of hydrogen-bond donors (Lipinski definition) is 1. The van der Waals surface area contributed by atoms with Crippen LogP contribution in [0.4, 0.5) is 4.39 Å². The van der Waals surface area contributed by atoms with Crippen molar-refractivity contribution < 1.29 is 4.39 Å². The highest BCUT2D eigenvalue weighted by Crippen LogP contribution is 2.09. The van der Waals surface area contributed by atoms with Crippen LogP contribution in [0.15, 0.2) is 36.4 Å². The maximum Gasteiger partial charge on any atom is 0.126 e. The van der Waals surface area contributed by atoms with Crippen LogP contribution in [0.25, 0.3) is 0 Å². The van der Waals surface area contributed by atoms with E-state index in [4.69, 9.17) is 0 Å². The smallest absolute Gasteiger partial charge is 0.126 e. The molecule has 2 rings (SSSR count). The monoisotopic (exact) mass is 244 g/mol. The fourth-order valence-electron chi connectivity index (χ4n) is 1.78. The van der Waals surface area contributed by atoms with Crippen LogP contribution in [-0.4, -0.2) is 4.98 Å². The molecule has 94 valence electrons. The zero-order valence-corrected chi connectivity index (χ0v) is 10.7. The van der Waals surface area contributed by atoms with E-state index in [-0.39, 0.29) is 5.82 Å². The van der Waals surface area contributed by atoms with Crippen molar-refractivity contribution in [1.29, 1.82) is 0 Å². The maximum atomic E-state index is 13.3. The standard InChI is InChI=1S/C15H17FN2/c1-11-6-7-13(8-15(11)16)9-17-10-14-5-3-4-12(2)18-14/h3-8,17H,9-10H2,1-2H3. The summed E-state index contributed by atoms with van der Waals surface area (Å²) in [5.74, 6) is -0.150. The first-order chi connectivity index (χ1) is 8.65. The molecular formula is C15H17FN2. The molecule has 0 saturated carbocycles. The topological polar surface area (TPSA) is 24.9 Å². The first-order valence-corrected chi connectivity index (χ1v) is 6.03. The largest absolute Gasteiger partial charge is 0.307 e. The second-order valence-electron chi connectivity index (χ2n) is 4.46. The number of aromatic nitrogens is 1. The highest BCUT2D eigenvalue weighted by molar-refractivity contribution is 5.23. The van der Waals surface area contributed by atoms with E-state index < -0.39 is 0 Å². The fourth-order valence-corrected chi connectivity index (χ4v) is 1.78. The average molecular weight is 244 g/mol. The summed E-state index contributed by atoms with van der Waals surface area (Å²) in [7, 11) is 0. The van der Waals surface area contributed by atoms with Gasteiger partial charge in [0.2, 0.25) is 0 Å². The number of nitrogens with one attached hydrogen (secondary N) is 1. The van der Waals surface area contributed by atoms with Crippen LogP contribution in [-0.2, 0) is 13.1 Å². The number of pyridine rings is 1. The summed E-state index contributed by atoms with van der Waals surface area (Å²) >= 11 is 0. The molecule has 0 atom stereocenters. The van der Waals surface area contributed by atoms with E-state index in [0.29, 0.717) is 18.7 Å². The molecule has 0 radical (unpaired) electrons. The highest BCUT2D eigenvalue weighted by atomic mass is 19.1. The van der Waals surface area contributed by atoms with Crippen molar-refractivity contribution in [2.24, 2.45) is 0 Å². The van der Waals surface area contributed by atoms with Crippen LogP contribution in [0.3, 0.4) is 0 Å². The maximum absolute atomic E-state index is 13.3. The van der Waals surface area contributed by atoms with Crippen molar-refractivity contribution in [1.82, 2.24) is 10.3 Å². The Morgan fingerprint density at radius 1 is 1.11 bits per heavy atom. The molecule has 1 aromatic heterocycles. The van der Waals surface area contributed by atoms with Gasteiger partial charge in [-0.05, 0) is 43.2 Å². The third kappa shape index (κ3) is 3.37. The zero-order chi connectivity index (χ0) is 13.0. The van der Waals surface area contributed by atoms with Crippen molar-refractivity contribution >= 4 is 0 Å². The normalized spacial score (nSPS) is 10.6. The molecule has 0 spiro atoms. The molecule has 3 heteroatoms. The number of aryl methyl sites for hydroxylation is 2. The van der Waals surface area contributed by atoms with Crippen molar-refractivity contribution in [3.05, 3.63) is 64.7 Å². The Balaban J connectivity index is 1.90. The summed E-state index contributed by atoms with van der Waals surface area (Å²) < 4.78 is 13.3. The van der Waals surface area contributed by atoms with Gasteiger partial charge in [0.1, 0.15) is 5.82 Å². The van der Waals surface area contributed by atoms with Crippen LogP contribution in [0, 0.1) is 19.7 Å². The Hall–Kier alpha value is -1.74. The molecular weight excluding hydrogens is 227 g/mol. The van der Waals surface area contributed by atoms with Gasteiger partial charge in [0, 0.05) is 18.8 Å². The van der Waals surface area contributed by atoms with Crippen molar-refractivity contribution in [2.75, 3.05) is 0 Å². The predicted octanol–water partition coefficient (Wildman–Crippen LogP) is 3.13. The summed E-state index contributed by atoms with van der Waals surface area (Å²) in [5.41, 5.74) is 3.64. The zero-order valence-electron chi connectivity index (χ0n) is 10.7. The lowest BCUT2D eigenvalue weighted by molar-refractivity contribution is 0.610. The summed E-state index contributed by atoms with van der Waals surface area (Å²) in [5, 5.41) is 3.26. The molecule has 0 unspecified atom stereocenters. The van der Waals surface area contributed by atoms with Gasteiger partial charge < -0.3 is 5.32 Å². The second-order valence-corrected chi connectivity index (χ2v) is 4.46. The van der Waals surface area contributed by atoms with Gasteiger partial charge in [-0.2, -0.15) is 0 Å². The number of benzene rings is 1. The van der Waals surface area contributed by atoms with E-state index >= 15 is 0 Å². The molecule has 0 saturated heterocycles. The molecule has 0 aliphatic rings. The van der Waals surface area contributed by atoms with Crippen LogP contribution >= 0.6 is 0 Å². The van der Waals surface area contributed by atoms with Crippen LogP contribution in [0.2, 0.25) is 0 Å². The van der Waals surface area contributed by atoms with Gasteiger partial charge in [0.05, 0.1) is 5.69 Å². The van der Waals surface area contributed by atoms with E-state index in [0.717, 1.165) is 17.0 Å². The Bertz CT molecular complexity index is 538. The molecule has 1 N–H and O–H groups in total. The molecule has 1 heterocycles. The van der Waals surface area contributed by atoms with Crippen molar-refractivity contribution in [2.45, 2.75) is 26.9 Å². The summed E-state index contributed by atoms with van der Waals surface area (Å²) in [6, 6.07) is 11.3. The number of hydrogen-bond acceptors (Lipinski definition) is 2. The lowest BCUT2D eigenvalue weighted by Gasteiger charge is -2.06. The van der Waals surface area contributed by atoms with Crippen LogP contribution in [0.5, 0.6) is 0 Å². The van der Waals surface area contributed by atoms with Gasteiger partial charge in [-0.3, -0.25) is 4.98 Å². The molecule has 0 fully saturated rings. The minimum atomic E-state index is -0.150. The molecule has 2 aromatic rings. The van der Waals surface area contributed by atoms with E-state index in [1.807, 2.05) is 31.2 Å². The SMILES string of the molecule is Cc1cccc(CNCc2ccc(C)c(F)c2)n1. The van der Waals surface area contributed by atoms with Crippen LogP contribution < -0.4 is 5.32 Å². The van der Waals surface area contributed by atoms with E-state index in [2.05, 4.69) is 10.3 Å². The fraction of sp³-hybridized carbons (Fsp3) is 0.267. The lowest BCUT2D eigenvalue weighted by Crippen LogP contribution is -2.14. The Kier molecular flexibility index (Phi) is 4.05. The molecule has 0 bridgehead atoms. The Morgan fingerprint density at radius 2 is 1.94 bits per heavy atom. The average Bonchev–Trinajstić information content (AvgIpc) is 2.34. The molecule has 1 aromatic carbocycles. The Labute approximate surface area is 107 Å². The van der Waals surface area contributed by atoms with Gasteiger partial charge in [-0.1, -0.05) is 18.2 Å². The van der Waals surface area contributed by atoms with E-state index in [1.165, 1.54) is 0 Å². The van der Waals surface area contributed by atoms with Gasteiger partial charge in [0.25, 0.3) is 0 Å². The summed E-state index contributed by atoms with van der Waals surface area (Å²) in [6.45, 7) is 5.08. The number of nitrogens with zero attached hydrogens (tertiary/aromatic N) is 1. The van der Waals surface area contributed by atoms with Gasteiger partial charge >= 0.3 is 0 Å². The first-order valence-electron chi connectivity index (χ1n) is 6.03. The molecule has 0 aliphatic heterocycles. The minimum Gasteiger partial charge on any atom is -0.307 e. The number of rotatable bonds is 4.